The van der Waals surface area contributed by atoms with Crippen LogP contribution >= 0.6 is 0 Å². The van der Waals surface area contributed by atoms with E-state index in [0.717, 1.165) is 77.2 Å². The predicted octanol–water partition coefficient (Wildman–Crippen LogP) is 11.5. The van der Waals surface area contributed by atoms with Crippen LogP contribution in [0.5, 0.6) is 0 Å². The maximum Gasteiger partial charge on any atom is 0.195 e. The van der Waals surface area contributed by atoms with Crippen LogP contribution in [0, 0.1) is 29.2 Å². The van der Waals surface area contributed by atoms with Crippen LogP contribution in [-0.2, 0) is 0 Å². The lowest BCUT2D eigenvalue weighted by Gasteiger charge is -2.16. The highest BCUT2D eigenvalue weighted by molar-refractivity contribution is 6.12. The molecule has 0 bridgehead atoms. The summed E-state index contributed by atoms with van der Waals surface area (Å²) in [6, 6.07) is 55.5. The van der Waals surface area contributed by atoms with Crippen molar-refractivity contribution in [2.24, 2.45) is 0 Å². The molecule has 0 aliphatic rings. The van der Waals surface area contributed by atoms with Gasteiger partial charge in [0.15, 0.2) is 5.69 Å². The van der Waals surface area contributed by atoms with Gasteiger partial charge in [-0.15, -0.1) is 0 Å². The summed E-state index contributed by atoms with van der Waals surface area (Å²) < 4.78 is 4.46. The van der Waals surface area contributed by atoms with Gasteiger partial charge in [-0.2, -0.15) is 10.5 Å². The van der Waals surface area contributed by atoms with E-state index < -0.39 is 0 Å². The van der Waals surface area contributed by atoms with Gasteiger partial charge in [-0.3, -0.25) is 0 Å². The molecule has 0 radical (unpaired) electrons. The molecule has 0 aliphatic carbocycles. The molecule has 230 valence electrons. The summed E-state index contributed by atoms with van der Waals surface area (Å²) in [7, 11) is 0. The van der Waals surface area contributed by atoms with E-state index in [4.69, 9.17) is 6.57 Å². The molecule has 5 heteroatoms. The van der Waals surface area contributed by atoms with Crippen LogP contribution < -0.4 is 0 Å². The smallest absolute Gasteiger partial charge is 0.195 e. The van der Waals surface area contributed by atoms with Gasteiger partial charge < -0.3 is 9.13 Å². The summed E-state index contributed by atoms with van der Waals surface area (Å²) in [5.74, 6) is 0. The highest BCUT2D eigenvalue weighted by atomic mass is 15.0. The molecule has 0 aliphatic heterocycles. The van der Waals surface area contributed by atoms with E-state index in [9.17, 15) is 10.5 Å². The molecular formula is C45H25N5. The molecule has 0 saturated heterocycles. The molecule has 2 aromatic heterocycles. The van der Waals surface area contributed by atoms with Gasteiger partial charge in [-0.1, -0.05) is 84.9 Å². The van der Waals surface area contributed by atoms with Crippen molar-refractivity contribution in [1.82, 2.24) is 9.13 Å². The average molecular weight is 636 g/mol. The van der Waals surface area contributed by atoms with Crippen molar-refractivity contribution in [1.29, 1.82) is 10.5 Å². The quantitative estimate of drug-likeness (QED) is 0.181. The minimum Gasteiger partial charge on any atom is -0.309 e. The molecule has 5 nitrogen and oxygen atoms in total. The molecule has 50 heavy (non-hydrogen) atoms. The molecular weight excluding hydrogens is 611 g/mol. The first-order valence-corrected chi connectivity index (χ1v) is 16.3. The normalized spacial score (nSPS) is 11.1. The second-order valence-corrected chi connectivity index (χ2v) is 12.3. The van der Waals surface area contributed by atoms with E-state index in [1.165, 1.54) is 0 Å². The van der Waals surface area contributed by atoms with E-state index >= 15 is 0 Å². The first kappa shape index (κ1) is 28.8. The standard InChI is InChI=1S/C45H25N5/c1-48-39-22-21-33(49-41-17-6-3-14-35(41)38-24-29(27-46)20-23-43(38)49)26-37(39)31-11-8-10-30(25-31)34-13-2-5-16-40(34)50-42-18-7-4-15-36(42)45-32(28-47)12-9-19-44(45)50/h2-26H. The van der Waals surface area contributed by atoms with Crippen LogP contribution in [0.15, 0.2) is 152 Å². The lowest BCUT2D eigenvalue weighted by molar-refractivity contribution is 1.18. The van der Waals surface area contributed by atoms with Crippen LogP contribution in [0.25, 0.3) is 82.1 Å². The number of benzene rings is 7. The summed E-state index contributed by atoms with van der Waals surface area (Å²) in [6.07, 6.45) is 0. The third-order valence-electron chi connectivity index (χ3n) is 9.61. The number of hydrogen-bond acceptors (Lipinski definition) is 2. The van der Waals surface area contributed by atoms with Gasteiger partial charge in [-0.25, -0.2) is 4.85 Å². The van der Waals surface area contributed by atoms with Gasteiger partial charge in [0.2, 0.25) is 0 Å². The Hall–Kier alpha value is -7.39. The predicted molar refractivity (Wildman–Crippen MR) is 202 cm³/mol. The van der Waals surface area contributed by atoms with Gasteiger partial charge in [0.1, 0.15) is 0 Å². The lowest BCUT2D eigenvalue weighted by Crippen LogP contribution is -1.97. The fourth-order valence-corrected chi connectivity index (χ4v) is 7.45. The van der Waals surface area contributed by atoms with Gasteiger partial charge in [-0.05, 0) is 83.4 Å². The Kier molecular flexibility index (Phi) is 6.56. The highest BCUT2D eigenvalue weighted by Gasteiger charge is 2.19. The summed E-state index contributed by atoms with van der Waals surface area (Å²) in [6.45, 7) is 8.08. The molecule has 2 heterocycles. The monoisotopic (exact) mass is 635 g/mol. The van der Waals surface area contributed by atoms with Gasteiger partial charge >= 0.3 is 0 Å². The molecule has 0 atom stereocenters. The van der Waals surface area contributed by atoms with E-state index in [0.29, 0.717) is 16.8 Å². The zero-order chi connectivity index (χ0) is 33.8. The third-order valence-corrected chi connectivity index (χ3v) is 9.61. The van der Waals surface area contributed by atoms with E-state index in [1.54, 1.807) is 0 Å². The van der Waals surface area contributed by atoms with E-state index in [1.807, 2.05) is 84.9 Å². The Morgan fingerprint density at radius 3 is 1.98 bits per heavy atom. The average Bonchev–Trinajstić information content (AvgIpc) is 3.70. The fraction of sp³-hybridized carbons (Fsp3) is 0. The lowest BCUT2D eigenvalue weighted by atomic mass is 9.96. The van der Waals surface area contributed by atoms with E-state index in [2.05, 4.69) is 92.8 Å². The summed E-state index contributed by atoms with van der Waals surface area (Å²) in [4.78, 5) is 3.94. The summed E-state index contributed by atoms with van der Waals surface area (Å²) in [5.41, 5.74) is 11.7. The minimum atomic E-state index is 0.568. The van der Waals surface area contributed by atoms with Crippen molar-refractivity contribution < 1.29 is 0 Å². The van der Waals surface area contributed by atoms with Crippen molar-refractivity contribution in [3.63, 3.8) is 0 Å². The van der Waals surface area contributed by atoms with Crippen molar-refractivity contribution in [2.45, 2.75) is 0 Å². The van der Waals surface area contributed by atoms with Gasteiger partial charge in [0.05, 0.1) is 57.6 Å². The van der Waals surface area contributed by atoms with Crippen LogP contribution in [-0.4, -0.2) is 9.13 Å². The second kappa shape index (κ2) is 11.4. The van der Waals surface area contributed by atoms with Crippen LogP contribution in [0.4, 0.5) is 5.69 Å². The van der Waals surface area contributed by atoms with Gasteiger partial charge in [0, 0.05) is 32.8 Å². The molecule has 9 rings (SSSR count). The number of aromatic nitrogens is 2. The Bertz CT molecular complexity index is 2970. The third kappa shape index (κ3) is 4.31. The van der Waals surface area contributed by atoms with Crippen molar-refractivity contribution >= 4 is 49.3 Å². The largest absolute Gasteiger partial charge is 0.309 e. The number of para-hydroxylation sites is 3. The zero-order valence-corrected chi connectivity index (χ0v) is 26.7. The van der Waals surface area contributed by atoms with Crippen LogP contribution in [0.3, 0.4) is 0 Å². The topological polar surface area (TPSA) is 61.8 Å². The van der Waals surface area contributed by atoms with Gasteiger partial charge in [0.25, 0.3) is 0 Å². The fourth-order valence-electron chi connectivity index (χ4n) is 7.45. The van der Waals surface area contributed by atoms with E-state index in [-0.39, 0.29) is 0 Å². The van der Waals surface area contributed by atoms with Crippen molar-refractivity contribution in [2.75, 3.05) is 0 Å². The maximum absolute atomic E-state index is 10.0. The molecule has 0 N–H and O–H groups in total. The molecule has 0 spiro atoms. The molecule has 7 aromatic carbocycles. The number of hydrogen-bond donors (Lipinski definition) is 0. The Morgan fingerprint density at radius 1 is 0.500 bits per heavy atom. The first-order chi connectivity index (χ1) is 24.7. The Labute approximate surface area is 288 Å². The van der Waals surface area contributed by atoms with Crippen LogP contribution in [0.1, 0.15) is 11.1 Å². The Balaban J connectivity index is 1.24. The SMILES string of the molecule is [C-]#[N+]c1ccc(-n2c3ccccc3c3cc(C#N)ccc32)cc1-c1cccc(-c2ccccc2-n2c3ccccc3c3c(C#N)cccc32)c1. The summed E-state index contributed by atoms with van der Waals surface area (Å²) in [5, 5.41) is 23.7. The maximum atomic E-state index is 10.0. The summed E-state index contributed by atoms with van der Waals surface area (Å²) >= 11 is 0. The Morgan fingerprint density at radius 2 is 1.18 bits per heavy atom. The van der Waals surface area contributed by atoms with Crippen molar-refractivity contribution in [3.05, 3.63) is 174 Å². The molecule has 0 fully saturated rings. The zero-order valence-electron chi connectivity index (χ0n) is 26.7. The molecule has 0 unspecified atom stereocenters. The minimum absolute atomic E-state index is 0.568. The number of rotatable bonds is 4. The first-order valence-electron chi connectivity index (χ1n) is 16.3. The number of nitrogens with zero attached hydrogens (tertiary/aromatic N) is 5. The van der Waals surface area contributed by atoms with Crippen LogP contribution in [0.2, 0.25) is 0 Å². The van der Waals surface area contributed by atoms with Crippen molar-refractivity contribution in [3.8, 4) is 45.8 Å². The number of fused-ring (bicyclic) bond motifs is 6. The number of nitriles is 2. The molecule has 9 aromatic rings. The molecule has 0 saturated carbocycles. The molecule has 0 amide bonds. The second-order valence-electron chi connectivity index (χ2n) is 12.3. The highest BCUT2D eigenvalue weighted by Crippen LogP contribution is 2.41.